The summed E-state index contributed by atoms with van der Waals surface area (Å²) < 4.78 is 52.4. The molecule has 10 heteroatoms. The van der Waals surface area contributed by atoms with Gasteiger partial charge in [-0.2, -0.15) is 13.2 Å². The Hall–Kier alpha value is -2.56. The fourth-order valence-corrected chi connectivity index (χ4v) is 4.53. The molecule has 2 aliphatic heterocycles. The van der Waals surface area contributed by atoms with Crippen molar-refractivity contribution in [3.63, 3.8) is 0 Å². The summed E-state index contributed by atoms with van der Waals surface area (Å²) in [7, 11) is 0. The maximum atomic E-state index is 13.4. The molecule has 1 aromatic carbocycles. The van der Waals surface area contributed by atoms with E-state index in [1.807, 2.05) is 23.4 Å². The Morgan fingerprint density at radius 1 is 1.03 bits per heavy atom. The van der Waals surface area contributed by atoms with E-state index in [0.29, 0.717) is 63.9 Å². The number of carbonyl (C=O) groups excluding carboxylic acids is 1. The first-order chi connectivity index (χ1) is 15.8. The first-order valence-electron chi connectivity index (χ1n) is 11.1. The molecule has 180 valence electrons. The van der Waals surface area contributed by atoms with Gasteiger partial charge in [-0.15, -0.1) is 0 Å². The molecule has 2 aromatic rings. The normalized spacial score (nSPS) is 17.9. The third kappa shape index (κ3) is 5.18. The highest BCUT2D eigenvalue weighted by atomic mass is 19.4. The largest absolute Gasteiger partial charge is 0.416 e. The van der Waals surface area contributed by atoms with Crippen LogP contribution in [0.5, 0.6) is 0 Å². The number of nitrogens with one attached hydrogen (secondary N) is 1. The van der Waals surface area contributed by atoms with E-state index in [-0.39, 0.29) is 12.5 Å². The predicted octanol–water partition coefficient (Wildman–Crippen LogP) is 2.99. The number of hydrazine groups is 1. The lowest BCUT2D eigenvalue weighted by molar-refractivity contribution is -0.137. The molecule has 7 nitrogen and oxygen atoms in total. The fourth-order valence-electron chi connectivity index (χ4n) is 4.53. The maximum absolute atomic E-state index is 13.4. The number of anilines is 1. The lowest BCUT2D eigenvalue weighted by Gasteiger charge is -2.29. The Bertz CT molecular complexity index is 994. The van der Waals surface area contributed by atoms with Gasteiger partial charge in [-0.1, -0.05) is 12.1 Å². The van der Waals surface area contributed by atoms with Crippen molar-refractivity contribution >= 4 is 11.6 Å². The van der Waals surface area contributed by atoms with Crippen LogP contribution in [-0.4, -0.2) is 68.1 Å². The number of amides is 1. The summed E-state index contributed by atoms with van der Waals surface area (Å²) in [6.07, 6.45) is -4.42. The van der Waals surface area contributed by atoms with Crippen LogP contribution in [0.2, 0.25) is 0 Å². The van der Waals surface area contributed by atoms with Gasteiger partial charge in [0.1, 0.15) is 5.69 Å². The number of hydrogen-bond acceptors (Lipinski definition) is 5. The zero-order chi connectivity index (χ0) is 23.6. The van der Waals surface area contributed by atoms with Gasteiger partial charge in [0.15, 0.2) is 0 Å². The molecule has 1 amide bonds. The second-order valence-corrected chi connectivity index (χ2v) is 8.33. The van der Waals surface area contributed by atoms with Crippen LogP contribution >= 0.6 is 0 Å². The number of ether oxygens (including phenoxy) is 2. The first-order valence-corrected chi connectivity index (χ1v) is 11.1. The summed E-state index contributed by atoms with van der Waals surface area (Å²) in [5, 5.41) is 1.82. The number of alkyl halides is 3. The number of rotatable bonds is 5. The van der Waals surface area contributed by atoms with Crippen LogP contribution in [0.1, 0.15) is 32.9 Å². The van der Waals surface area contributed by atoms with Crippen LogP contribution in [-0.2, 0) is 22.2 Å². The van der Waals surface area contributed by atoms with Crippen LogP contribution < -0.4 is 10.3 Å². The number of hydrogen-bond donors (Lipinski definition) is 1. The molecular weight excluding hydrogens is 437 g/mol. The molecule has 0 bridgehead atoms. The zero-order valence-electron chi connectivity index (χ0n) is 18.9. The molecule has 0 radical (unpaired) electrons. The van der Waals surface area contributed by atoms with Gasteiger partial charge in [0.05, 0.1) is 37.7 Å². The average molecular weight is 467 g/mol. The predicted molar refractivity (Wildman–Crippen MR) is 117 cm³/mol. The van der Waals surface area contributed by atoms with E-state index in [4.69, 9.17) is 9.47 Å². The minimum Gasteiger partial charge on any atom is -0.379 e. The van der Waals surface area contributed by atoms with Crippen LogP contribution in [0.3, 0.4) is 0 Å². The quantitative estimate of drug-likeness (QED) is 0.735. The van der Waals surface area contributed by atoms with Crippen molar-refractivity contribution in [2.45, 2.75) is 26.6 Å². The molecule has 1 aromatic heterocycles. The van der Waals surface area contributed by atoms with Crippen molar-refractivity contribution < 1.29 is 27.4 Å². The minimum absolute atomic E-state index is 0.160. The molecule has 0 saturated carbocycles. The zero-order valence-corrected chi connectivity index (χ0v) is 18.9. The van der Waals surface area contributed by atoms with E-state index >= 15 is 0 Å². The number of halogens is 3. The molecule has 2 fully saturated rings. The van der Waals surface area contributed by atoms with E-state index in [9.17, 15) is 18.0 Å². The number of nitrogens with zero attached hydrogens (tertiary/aromatic N) is 3. The Balaban J connectivity index is 1.71. The van der Waals surface area contributed by atoms with E-state index in [0.717, 1.165) is 29.1 Å². The molecule has 0 unspecified atom stereocenters. The molecule has 2 saturated heterocycles. The highest BCUT2D eigenvalue weighted by Crippen LogP contribution is 2.33. The Kier molecular flexibility index (Phi) is 6.96. The van der Waals surface area contributed by atoms with Crippen LogP contribution in [0.25, 0.3) is 0 Å². The Morgan fingerprint density at radius 3 is 2.30 bits per heavy atom. The summed E-state index contributed by atoms with van der Waals surface area (Å²) in [5.74, 6) is -0.274. The van der Waals surface area contributed by atoms with Crippen molar-refractivity contribution in [2.75, 3.05) is 57.5 Å². The van der Waals surface area contributed by atoms with Gasteiger partial charge < -0.3 is 18.9 Å². The molecule has 33 heavy (non-hydrogen) atoms. The van der Waals surface area contributed by atoms with Gasteiger partial charge in [-0.05, 0) is 31.5 Å². The van der Waals surface area contributed by atoms with Crippen molar-refractivity contribution in [2.24, 2.45) is 0 Å². The molecule has 4 rings (SSSR count). The van der Waals surface area contributed by atoms with Crippen molar-refractivity contribution in [1.29, 1.82) is 0 Å². The molecule has 2 aliphatic rings. The standard InChI is InChI=1S/C23H29F3N4O3/c1-16-20(28-6-10-32-11-7-28)17(2)30(15-18-4-3-5-19(14-18)23(24,25)26)21(16)22(31)27-29-8-12-33-13-9-29/h3-5,14H,6-13,15H2,1-2H3,(H,27,31). The smallest absolute Gasteiger partial charge is 0.379 e. The van der Waals surface area contributed by atoms with Crippen LogP contribution in [0.15, 0.2) is 24.3 Å². The molecule has 3 heterocycles. The SMILES string of the molecule is Cc1c(N2CCOCC2)c(C)n(Cc2cccc(C(F)(F)F)c2)c1C(=O)NN1CCOCC1. The van der Waals surface area contributed by atoms with Gasteiger partial charge in [0.25, 0.3) is 5.91 Å². The van der Waals surface area contributed by atoms with Gasteiger partial charge >= 0.3 is 6.18 Å². The fraction of sp³-hybridized carbons (Fsp3) is 0.522. The molecule has 0 spiro atoms. The summed E-state index contributed by atoms with van der Waals surface area (Å²) in [5.41, 5.74) is 5.79. The second kappa shape index (κ2) is 9.74. The molecule has 1 N–H and O–H groups in total. The third-order valence-electron chi connectivity index (χ3n) is 6.14. The first kappa shape index (κ1) is 23.6. The summed E-state index contributed by atoms with van der Waals surface area (Å²) in [4.78, 5) is 15.6. The Labute approximate surface area is 191 Å². The topological polar surface area (TPSA) is 59.0 Å². The summed E-state index contributed by atoms with van der Waals surface area (Å²) in [6, 6.07) is 5.26. The van der Waals surface area contributed by atoms with E-state index in [2.05, 4.69) is 10.3 Å². The van der Waals surface area contributed by atoms with E-state index < -0.39 is 11.7 Å². The lowest BCUT2D eigenvalue weighted by Crippen LogP contribution is -2.48. The van der Waals surface area contributed by atoms with Gasteiger partial charge in [0, 0.05) is 44.0 Å². The van der Waals surface area contributed by atoms with E-state index in [1.54, 1.807) is 6.07 Å². The van der Waals surface area contributed by atoms with E-state index in [1.165, 1.54) is 6.07 Å². The number of benzene rings is 1. The lowest BCUT2D eigenvalue weighted by atomic mass is 10.1. The highest BCUT2D eigenvalue weighted by molar-refractivity contribution is 5.96. The average Bonchev–Trinajstić information content (AvgIpc) is 3.04. The minimum atomic E-state index is -4.42. The number of aromatic nitrogens is 1. The second-order valence-electron chi connectivity index (χ2n) is 8.33. The van der Waals surface area contributed by atoms with Gasteiger partial charge in [0.2, 0.25) is 0 Å². The molecular formula is C23H29F3N4O3. The summed E-state index contributed by atoms with van der Waals surface area (Å²) in [6.45, 7) is 8.76. The van der Waals surface area contributed by atoms with Crippen molar-refractivity contribution in [3.8, 4) is 0 Å². The van der Waals surface area contributed by atoms with Crippen molar-refractivity contribution in [1.82, 2.24) is 15.0 Å². The van der Waals surface area contributed by atoms with Crippen LogP contribution in [0.4, 0.5) is 18.9 Å². The molecule has 0 atom stereocenters. The molecule has 0 aliphatic carbocycles. The number of morpholine rings is 2. The van der Waals surface area contributed by atoms with Gasteiger partial charge in [-0.25, -0.2) is 5.01 Å². The Morgan fingerprint density at radius 2 is 1.67 bits per heavy atom. The third-order valence-corrected chi connectivity index (χ3v) is 6.14. The monoisotopic (exact) mass is 466 g/mol. The number of carbonyl (C=O) groups is 1. The van der Waals surface area contributed by atoms with Crippen molar-refractivity contribution in [3.05, 3.63) is 52.3 Å². The highest BCUT2D eigenvalue weighted by Gasteiger charge is 2.31. The summed E-state index contributed by atoms with van der Waals surface area (Å²) >= 11 is 0. The van der Waals surface area contributed by atoms with Crippen LogP contribution in [0, 0.1) is 13.8 Å². The van der Waals surface area contributed by atoms with Gasteiger partial charge in [-0.3, -0.25) is 10.2 Å². The maximum Gasteiger partial charge on any atom is 0.416 e.